The normalized spacial score (nSPS) is 19.4. The molecule has 1 fully saturated rings. The number of pyridine rings is 1. The van der Waals surface area contributed by atoms with E-state index in [-0.39, 0.29) is 11.6 Å². The minimum Gasteiger partial charge on any atom is -0.320 e. The zero-order valence-electron chi connectivity index (χ0n) is 9.57. The lowest BCUT2D eigenvalue weighted by Crippen LogP contribution is -2.38. The molecule has 1 aliphatic rings. The second-order valence-electron chi connectivity index (χ2n) is 4.57. The molecule has 0 N–H and O–H groups in total. The van der Waals surface area contributed by atoms with Gasteiger partial charge >= 0.3 is 6.03 Å². The molecule has 1 aliphatic heterocycles. The largest absolute Gasteiger partial charge is 0.325 e. The predicted molar refractivity (Wildman–Crippen MR) is 71.5 cm³/mol. The smallest absolute Gasteiger partial charge is 0.320 e. The Hall–Kier alpha value is -0.850. The van der Waals surface area contributed by atoms with Crippen LogP contribution in [-0.4, -0.2) is 35.0 Å². The zero-order chi connectivity index (χ0) is 11.9. The van der Waals surface area contributed by atoms with Crippen molar-refractivity contribution in [3.05, 3.63) is 21.9 Å². The Morgan fingerprint density at radius 2 is 2.12 bits per heavy atom. The van der Waals surface area contributed by atoms with Gasteiger partial charge in [-0.3, -0.25) is 4.90 Å². The van der Waals surface area contributed by atoms with E-state index in [0.717, 1.165) is 9.39 Å². The molecule has 2 amide bonds. The summed E-state index contributed by atoms with van der Waals surface area (Å²) in [6.07, 6.45) is 1.77. The first-order valence-corrected chi connectivity index (χ1v) is 6.16. The average Bonchev–Trinajstić information content (AvgIpc) is 2.44. The lowest BCUT2D eigenvalue weighted by atomic mass is 10.1. The summed E-state index contributed by atoms with van der Waals surface area (Å²) in [5, 5.41) is 0. The fourth-order valence-electron chi connectivity index (χ4n) is 1.71. The zero-order valence-corrected chi connectivity index (χ0v) is 11.7. The molecular formula is C11H14IN3O. The van der Waals surface area contributed by atoms with Gasteiger partial charge in [0.1, 0.15) is 5.82 Å². The van der Waals surface area contributed by atoms with Crippen LogP contribution in [0.25, 0.3) is 0 Å². The van der Waals surface area contributed by atoms with E-state index in [9.17, 15) is 4.79 Å². The minimum absolute atomic E-state index is 0.0127. The first-order chi connectivity index (χ1) is 7.42. The fraction of sp³-hybridized carbons (Fsp3) is 0.455. The van der Waals surface area contributed by atoms with E-state index in [1.165, 1.54) is 0 Å². The molecule has 0 saturated carbocycles. The van der Waals surface area contributed by atoms with E-state index in [1.54, 1.807) is 16.0 Å². The summed E-state index contributed by atoms with van der Waals surface area (Å²) < 4.78 is 1.07. The molecule has 0 atom stereocenters. The highest BCUT2D eigenvalue weighted by molar-refractivity contribution is 14.1. The van der Waals surface area contributed by atoms with Gasteiger partial charge in [-0.1, -0.05) is 0 Å². The maximum absolute atomic E-state index is 12.0. The maximum Gasteiger partial charge on any atom is 0.325 e. The minimum atomic E-state index is -0.137. The van der Waals surface area contributed by atoms with Crippen LogP contribution in [-0.2, 0) is 0 Å². The number of hydrogen-bond acceptors (Lipinski definition) is 2. The van der Waals surface area contributed by atoms with Crippen molar-refractivity contribution in [2.75, 3.05) is 18.5 Å². The number of urea groups is 1. The molecule has 1 aromatic rings. The number of halogens is 1. The van der Waals surface area contributed by atoms with Gasteiger partial charge in [0.25, 0.3) is 0 Å². The van der Waals surface area contributed by atoms with Gasteiger partial charge in [0.15, 0.2) is 0 Å². The van der Waals surface area contributed by atoms with Crippen molar-refractivity contribution < 1.29 is 4.79 Å². The third kappa shape index (κ3) is 1.88. The lowest BCUT2D eigenvalue weighted by Gasteiger charge is -2.24. The van der Waals surface area contributed by atoms with E-state index in [0.29, 0.717) is 6.54 Å². The Morgan fingerprint density at radius 3 is 2.56 bits per heavy atom. The van der Waals surface area contributed by atoms with Gasteiger partial charge in [0.05, 0.1) is 12.1 Å². The van der Waals surface area contributed by atoms with Crippen molar-refractivity contribution in [3.8, 4) is 0 Å². The molecular weight excluding hydrogens is 317 g/mol. The molecule has 0 unspecified atom stereocenters. The summed E-state index contributed by atoms with van der Waals surface area (Å²) in [5.74, 6) is 0.725. The Bertz CT molecular complexity index is 416. The third-order valence-electron chi connectivity index (χ3n) is 2.96. The second-order valence-corrected chi connectivity index (χ2v) is 5.82. The van der Waals surface area contributed by atoms with Crippen LogP contribution in [0.4, 0.5) is 10.6 Å². The van der Waals surface area contributed by atoms with Gasteiger partial charge < -0.3 is 4.90 Å². The van der Waals surface area contributed by atoms with E-state index in [4.69, 9.17) is 0 Å². The molecule has 2 rings (SSSR count). The Labute approximate surface area is 109 Å². The van der Waals surface area contributed by atoms with Crippen LogP contribution in [0.3, 0.4) is 0 Å². The van der Waals surface area contributed by atoms with Gasteiger partial charge in [-0.25, -0.2) is 9.78 Å². The van der Waals surface area contributed by atoms with Crippen molar-refractivity contribution >= 4 is 34.4 Å². The van der Waals surface area contributed by atoms with Crippen LogP contribution in [0, 0.1) is 3.57 Å². The lowest BCUT2D eigenvalue weighted by molar-refractivity contribution is 0.198. The summed E-state index contributed by atoms with van der Waals surface area (Å²) in [4.78, 5) is 19.8. The summed E-state index contributed by atoms with van der Waals surface area (Å²) in [6, 6.07) is 3.86. The number of aromatic nitrogens is 1. The van der Waals surface area contributed by atoms with Crippen LogP contribution in [0.2, 0.25) is 0 Å². The van der Waals surface area contributed by atoms with Crippen molar-refractivity contribution in [2.45, 2.75) is 19.4 Å². The highest BCUT2D eigenvalue weighted by atomic mass is 127. The molecule has 5 heteroatoms. The van der Waals surface area contributed by atoms with Gasteiger partial charge in [-0.15, -0.1) is 0 Å². The molecule has 86 valence electrons. The fourth-order valence-corrected chi connectivity index (χ4v) is 2.03. The molecule has 4 nitrogen and oxygen atoms in total. The number of hydrogen-bond donors (Lipinski definition) is 0. The molecule has 1 aromatic heterocycles. The molecule has 2 heterocycles. The standard InChI is InChI=1S/C11H14IN3O/c1-11(2)7-15(10(16)14(11)3)9-5-4-8(12)6-13-9/h4-6H,7H2,1-3H3. The Morgan fingerprint density at radius 1 is 1.44 bits per heavy atom. The number of amides is 2. The van der Waals surface area contributed by atoms with Crippen molar-refractivity contribution in [1.29, 1.82) is 0 Å². The van der Waals surface area contributed by atoms with Crippen LogP contribution in [0.1, 0.15) is 13.8 Å². The van der Waals surface area contributed by atoms with Crippen LogP contribution < -0.4 is 4.90 Å². The van der Waals surface area contributed by atoms with E-state index in [1.807, 2.05) is 19.2 Å². The maximum atomic E-state index is 12.0. The highest BCUT2D eigenvalue weighted by Gasteiger charge is 2.41. The van der Waals surface area contributed by atoms with Crippen molar-refractivity contribution in [1.82, 2.24) is 9.88 Å². The van der Waals surface area contributed by atoms with Gasteiger partial charge in [0, 0.05) is 16.8 Å². The van der Waals surface area contributed by atoms with Crippen molar-refractivity contribution in [3.63, 3.8) is 0 Å². The number of likely N-dealkylation sites (N-methyl/N-ethyl adjacent to an activating group) is 1. The van der Waals surface area contributed by atoms with E-state index >= 15 is 0 Å². The summed E-state index contributed by atoms with van der Waals surface area (Å²) in [6.45, 7) is 4.78. The van der Waals surface area contributed by atoms with Gasteiger partial charge in [0.2, 0.25) is 0 Å². The highest BCUT2D eigenvalue weighted by Crippen LogP contribution is 2.27. The van der Waals surface area contributed by atoms with Crippen LogP contribution in [0.5, 0.6) is 0 Å². The summed E-state index contributed by atoms with van der Waals surface area (Å²) in [7, 11) is 1.83. The van der Waals surface area contributed by atoms with E-state index < -0.39 is 0 Å². The van der Waals surface area contributed by atoms with Crippen LogP contribution >= 0.6 is 22.6 Å². The topological polar surface area (TPSA) is 36.4 Å². The van der Waals surface area contributed by atoms with Crippen LogP contribution in [0.15, 0.2) is 18.3 Å². The number of carbonyl (C=O) groups excluding carboxylic acids is 1. The number of nitrogens with zero attached hydrogens (tertiary/aromatic N) is 3. The number of rotatable bonds is 1. The number of anilines is 1. The SMILES string of the molecule is CN1C(=O)N(c2ccc(I)cn2)CC1(C)C. The van der Waals surface area contributed by atoms with E-state index in [2.05, 4.69) is 41.4 Å². The molecule has 16 heavy (non-hydrogen) atoms. The molecule has 0 spiro atoms. The third-order valence-corrected chi connectivity index (χ3v) is 3.60. The van der Waals surface area contributed by atoms with Gasteiger partial charge in [-0.2, -0.15) is 0 Å². The summed E-state index contributed by atoms with van der Waals surface area (Å²) >= 11 is 2.20. The Kier molecular flexibility index (Phi) is 2.81. The number of carbonyl (C=O) groups is 1. The average molecular weight is 331 g/mol. The monoisotopic (exact) mass is 331 g/mol. The first kappa shape index (κ1) is 11.6. The molecule has 1 saturated heterocycles. The van der Waals surface area contributed by atoms with Gasteiger partial charge in [-0.05, 0) is 48.6 Å². The summed E-state index contributed by atoms with van der Waals surface area (Å²) in [5.41, 5.74) is -0.137. The first-order valence-electron chi connectivity index (χ1n) is 5.09. The predicted octanol–water partition coefficient (Wildman–Crippen LogP) is 2.34. The molecule has 0 aromatic carbocycles. The molecule has 0 radical (unpaired) electrons. The quantitative estimate of drug-likeness (QED) is 0.741. The van der Waals surface area contributed by atoms with Crippen molar-refractivity contribution in [2.24, 2.45) is 0 Å². The second kappa shape index (κ2) is 3.87. The molecule has 0 bridgehead atoms. The molecule has 0 aliphatic carbocycles. The Balaban J connectivity index is 2.30.